The lowest BCUT2D eigenvalue weighted by Gasteiger charge is -2.22. The largest absolute Gasteiger partial charge is 0.394 e. The standard InChI is InChI=1S/C57H95NO3/c1-3-5-7-9-11-13-15-17-19-20-21-22-23-24-25-26-27-28-29-30-31-32-33-34-35-36-37-38-39-41-43-45-47-49-51-53-57(61)58-55(54-59)56(60)52-50-48-46-44-42-40-18-16-14-12-10-8-6-4-2/h5,7,11,13,17,19,21-22,24-25,27-28,30-31,33-34,36-37,39,41,55-56,59-60H,3-4,6,8-10,12,14-16,18,20,23,26,29,32,35,38,40,42-54H2,1-2H3,(H,58,61)/b7-5-,13-11-,19-17-,22-21-,25-24-,28-27-,31-30-,34-33-,37-36-,41-39-. The normalized spacial score (nSPS) is 14.0. The molecule has 0 fully saturated rings. The smallest absolute Gasteiger partial charge is 0.220 e. The molecule has 61 heavy (non-hydrogen) atoms. The molecule has 0 saturated carbocycles. The molecule has 0 aromatic rings. The van der Waals surface area contributed by atoms with Crippen molar-refractivity contribution in [3.05, 3.63) is 122 Å². The number of rotatable bonds is 44. The van der Waals surface area contributed by atoms with Gasteiger partial charge >= 0.3 is 0 Å². The van der Waals surface area contributed by atoms with E-state index in [4.69, 9.17) is 0 Å². The summed E-state index contributed by atoms with van der Waals surface area (Å²) in [5.41, 5.74) is 0. The zero-order valence-corrected chi connectivity index (χ0v) is 39.6. The number of carbonyl (C=O) groups is 1. The first-order chi connectivity index (χ1) is 30.2. The molecule has 0 rings (SSSR count). The van der Waals surface area contributed by atoms with Gasteiger partial charge in [-0.3, -0.25) is 4.79 Å². The maximum absolute atomic E-state index is 12.4. The number of hydrogen-bond acceptors (Lipinski definition) is 3. The summed E-state index contributed by atoms with van der Waals surface area (Å²) >= 11 is 0. The van der Waals surface area contributed by atoms with Gasteiger partial charge in [0.15, 0.2) is 0 Å². The maximum atomic E-state index is 12.4. The van der Waals surface area contributed by atoms with Gasteiger partial charge in [0.2, 0.25) is 5.91 Å². The average Bonchev–Trinajstić information content (AvgIpc) is 3.26. The summed E-state index contributed by atoms with van der Waals surface area (Å²) in [6.45, 7) is 4.22. The quantitative estimate of drug-likeness (QED) is 0.0423. The third kappa shape index (κ3) is 47.7. The van der Waals surface area contributed by atoms with E-state index in [9.17, 15) is 15.0 Å². The van der Waals surface area contributed by atoms with Crippen LogP contribution in [0, 0.1) is 0 Å². The third-order valence-corrected chi connectivity index (χ3v) is 10.7. The van der Waals surface area contributed by atoms with E-state index in [2.05, 4.69) is 141 Å². The van der Waals surface area contributed by atoms with E-state index >= 15 is 0 Å². The monoisotopic (exact) mass is 842 g/mol. The number of amides is 1. The van der Waals surface area contributed by atoms with Gasteiger partial charge in [-0.1, -0.05) is 238 Å². The van der Waals surface area contributed by atoms with E-state index in [0.29, 0.717) is 12.8 Å². The van der Waals surface area contributed by atoms with Crippen LogP contribution in [0.3, 0.4) is 0 Å². The van der Waals surface area contributed by atoms with Gasteiger partial charge in [-0.2, -0.15) is 0 Å². The lowest BCUT2D eigenvalue weighted by Crippen LogP contribution is -2.45. The van der Waals surface area contributed by atoms with Crippen molar-refractivity contribution in [1.82, 2.24) is 5.32 Å². The molecule has 2 atom stereocenters. The summed E-state index contributed by atoms with van der Waals surface area (Å²) in [4.78, 5) is 12.4. The van der Waals surface area contributed by atoms with Crippen molar-refractivity contribution < 1.29 is 15.0 Å². The minimum atomic E-state index is -0.678. The lowest BCUT2D eigenvalue weighted by molar-refractivity contribution is -0.123. The second kappa shape index (κ2) is 51.1. The summed E-state index contributed by atoms with van der Waals surface area (Å²) in [7, 11) is 0. The highest BCUT2D eigenvalue weighted by Crippen LogP contribution is 2.15. The highest BCUT2D eigenvalue weighted by molar-refractivity contribution is 5.76. The predicted molar refractivity (Wildman–Crippen MR) is 271 cm³/mol. The Balaban J connectivity index is 3.68. The van der Waals surface area contributed by atoms with Crippen LogP contribution in [0.4, 0.5) is 0 Å². The maximum Gasteiger partial charge on any atom is 0.220 e. The first-order valence-corrected chi connectivity index (χ1v) is 25.2. The Hall–Kier alpha value is -3.21. The number of aliphatic hydroxyl groups is 2. The number of unbranched alkanes of at least 4 members (excludes halogenated alkanes) is 17. The summed E-state index contributed by atoms with van der Waals surface area (Å²) in [6.07, 6.45) is 78.6. The van der Waals surface area contributed by atoms with Crippen molar-refractivity contribution in [2.45, 2.75) is 225 Å². The molecule has 0 aromatic carbocycles. The van der Waals surface area contributed by atoms with E-state index in [1.165, 1.54) is 77.0 Å². The second-order valence-corrected chi connectivity index (χ2v) is 16.5. The highest BCUT2D eigenvalue weighted by atomic mass is 16.3. The predicted octanol–water partition coefficient (Wildman–Crippen LogP) is 16.5. The van der Waals surface area contributed by atoms with E-state index in [1.54, 1.807) is 0 Å². The molecule has 0 aliphatic carbocycles. The van der Waals surface area contributed by atoms with Crippen molar-refractivity contribution >= 4 is 5.91 Å². The highest BCUT2D eigenvalue weighted by Gasteiger charge is 2.20. The molecule has 2 unspecified atom stereocenters. The Morgan fingerprint density at radius 2 is 0.721 bits per heavy atom. The minimum absolute atomic E-state index is 0.0612. The Bertz CT molecular complexity index is 1230. The number of allylic oxidation sites excluding steroid dienone is 20. The van der Waals surface area contributed by atoms with Crippen LogP contribution in [0.15, 0.2) is 122 Å². The lowest BCUT2D eigenvalue weighted by atomic mass is 10.0. The Kier molecular flexibility index (Phi) is 48.5. The minimum Gasteiger partial charge on any atom is -0.394 e. The average molecular weight is 842 g/mol. The van der Waals surface area contributed by atoms with Crippen LogP contribution >= 0.6 is 0 Å². The second-order valence-electron chi connectivity index (χ2n) is 16.5. The fraction of sp³-hybridized carbons (Fsp3) is 0.632. The molecular formula is C57H95NO3. The van der Waals surface area contributed by atoms with Gasteiger partial charge in [0.1, 0.15) is 0 Å². The zero-order chi connectivity index (χ0) is 44.2. The van der Waals surface area contributed by atoms with Gasteiger partial charge in [0, 0.05) is 6.42 Å². The molecular weight excluding hydrogens is 747 g/mol. The number of carbonyl (C=O) groups excluding carboxylic acids is 1. The molecule has 0 bridgehead atoms. The number of hydrogen-bond donors (Lipinski definition) is 3. The van der Waals surface area contributed by atoms with Gasteiger partial charge in [-0.05, 0) is 89.9 Å². The Morgan fingerprint density at radius 1 is 0.410 bits per heavy atom. The molecule has 0 aromatic heterocycles. The van der Waals surface area contributed by atoms with Crippen LogP contribution in [0.5, 0.6) is 0 Å². The first kappa shape index (κ1) is 57.8. The number of aliphatic hydroxyl groups excluding tert-OH is 2. The SMILES string of the molecule is CC/C=C\C/C=C\C/C=C\C/C=C\C/C=C\C/C=C\C/C=C\C/C=C\C/C=C\C/C=C\CCCCCCC(=O)NC(CO)C(O)CCCCCCCCCCCCCCCC. The van der Waals surface area contributed by atoms with Crippen molar-refractivity contribution in [2.75, 3.05) is 6.61 Å². The van der Waals surface area contributed by atoms with Crippen LogP contribution in [0.1, 0.15) is 213 Å². The molecule has 0 aliphatic heterocycles. The van der Waals surface area contributed by atoms with Crippen molar-refractivity contribution in [1.29, 1.82) is 0 Å². The Labute approximate surface area is 378 Å². The zero-order valence-electron chi connectivity index (χ0n) is 39.6. The van der Waals surface area contributed by atoms with Crippen molar-refractivity contribution in [3.63, 3.8) is 0 Å². The third-order valence-electron chi connectivity index (χ3n) is 10.7. The Morgan fingerprint density at radius 3 is 1.08 bits per heavy atom. The van der Waals surface area contributed by atoms with Gasteiger partial charge in [0.25, 0.3) is 0 Å². The molecule has 0 heterocycles. The summed E-state index contributed by atoms with van der Waals surface area (Å²) in [6, 6.07) is -0.558. The van der Waals surface area contributed by atoms with Crippen LogP contribution < -0.4 is 5.32 Å². The fourth-order valence-electron chi connectivity index (χ4n) is 6.92. The van der Waals surface area contributed by atoms with Crippen LogP contribution in [-0.2, 0) is 4.79 Å². The van der Waals surface area contributed by atoms with Crippen molar-refractivity contribution in [2.24, 2.45) is 0 Å². The van der Waals surface area contributed by atoms with Crippen LogP contribution in [-0.4, -0.2) is 34.9 Å². The molecule has 0 spiro atoms. The molecule has 3 N–H and O–H groups in total. The molecule has 4 heteroatoms. The topological polar surface area (TPSA) is 69.6 Å². The summed E-state index contributed by atoms with van der Waals surface area (Å²) in [5, 5.41) is 23.2. The summed E-state index contributed by atoms with van der Waals surface area (Å²) in [5.74, 6) is -0.0612. The van der Waals surface area contributed by atoms with E-state index in [-0.39, 0.29) is 12.5 Å². The van der Waals surface area contributed by atoms with Crippen molar-refractivity contribution in [3.8, 4) is 0 Å². The molecule has 0 radical (unpaired) electrons. The van der Waals surface area contributed by atoms with Gasteiger partial charge in [-0.25, -0.2) is 0 Å². The summed E-state index contributed by atoms with van der Waals surface area (Å²) < 4.78 is 0. The first-order valence-electron chi connectivity index (χ1n) is 25.2. The van der Waals surface area contributed by atoms with Gasteiger partial charge in [0.05, 0.1) is 18.8 Å². The molecule has 346 valence electrons. The number of nitrogens with one attached hydrogen (secondary N) is 1. The van der Waals surface area contributed by atoms with Gasteiger partial charge in [-0.15, -0.1) is 0 Å². The fourth-order valence-corrected chi connectivity index (χ4v) is 6.92. The van der Waals surface area contributed by atoms with E-state index in [0.717, 1.165) is 109 Å². The van der Waals surface area contributed by atoms with E-state index in [1.807, 2.05) is 0 Å². The van der Waals surface area contributed by atoms with Crippen LogP contribution in [0.2, 0.25) is 0 Å². The van der Waals surface area contributed by atoms with E-state index < -0.39 is 12.1 Å². The van der Waals surface area contributed by atoms with Crippen LogP contribution in [0.25, 0.3) is 0 Å². The molecule has 0 saturated heterocycles. The molecule has 0 aliphatic rings. The molecule has 1 amide bonds. The molecule has 4 nitrogen and oxygen atoms in total. The van der Waals surface area contributed by atoms with Gasteiger partial charge < -0.3 is 15.5 Å².